The Hall–Kier alpha value is -1.09. The average molecular weight is 193 g/mol. The molecule has 1 aromatic heterocycles. The molecule has 0 N–H and O–H groups in total. The fourth-order valence-electron chi connectivity index (χ4n) is 1.63. The van der Waals surface area contributed by atoms with Gasteiger partial charge in [0.05, 0.1) is 0 Å². The maximum atomic E-state index is 11.6. The summed E-state index contributed by atoms with van der Waals surface area (Å²) < 4.78 is 6.35. The molecule has 0 aliphatic carbocycles. The van der Waals surface area contributed by atoms with E-state index in [0.717, 1.165) is 16.7 Å². The van der Waals surface area contributed by atoms with Gasteiger partial charge in [-0.1, -0.05) is 6.92 Å². The van der Waals surface area contributed by atoms with E-state index in [1.165, 1.54) is 0 Å². The summed E-state index contributed by atoms with van der Waals surface area (Å²) >= 11 is 0. The molecule has 0 radical (unpaired) electrons. The van der Waals surface area contributed by atoms with Crippen molar-refractivity contribution in [1.82, 2.24) is 0 Å². The van der Waals surface area contributed by atoms with Crippen LogP contribution in [0.25, 0.3) is 0 Å². The Bertz CT molecular complexity index is 360. The van der Waals surface area contributed by atoms with Crippen LogP contribution in [0.4, 0.5) is 0 Å². The van der Waals surface area contributed by atoms with Gasteiger partial charge in [-0.2, -0.15) is 4.73 Å². The van der Waals surface area contributed by atoms with Crippen LogP contribution in [-0.2, 0) is 11.2 Å². The highest BCUT2D eigenvalue weighted by Gasteiger charge is 2.53. The van der Waals surface area contributed by atoms with Crippen molar-refractivity contribution in [2.75, 3.05) is 0 Å². The number of ether oxygens (including phenoxy) is 1. The maximum Gasteiger partial charge on any atom is 0.224 e. The van der Waals surface area contributed by atoms with Gasteiger partial charge in [0.2, 0.25) is 5.69 Å². The monoisotopic (exact) mass is 193 g/mol. The summed E-state index contributed by atoms with van der Waals surface area (Å²) in [4.78, 5) is 0. The first-order chi connectivity index (χ1) is 6.54. The number of aromatic nitrogens is 1. The van der Waals surface area contributed by atoms with Gasteiger partial charge in [-0.3, -0.25) is 0 Å². The third-order valence-corrected chi connectivity index (χ3v) is 2.68. The van der Waals surface area contributed by atoms with E-state index >= 15 is 0 Å². The molecule has 1 fully saturated rings. The Morgan fingerprint density at radius 2 is 2.14 bits per heavy atom. The van der Waals surface area contributed by atoms with Crippen molar-refractivity contribution in [2.24, 2.45) is 0 Å². The van der Waals surface area contributed by atoms with E-state index in [1.807, 2.05) is 32.9 Å². The second-order valence-corrected chi connectivity index (χ2v) is 4.24. The quantitative estimate of drug-likeness (QED) is 0.407. The standard InChI is InChI=1S/C11H15NO2/c1-4-8-5-6-9(12(13)7-8)10-11(2,3)14-10/h5-7,10H,4H2,1-3H3. The number of epoxide rings is 1. The van der Waals surface area contributed by atoms with Crippen LogP contribution in [0, 0.1) is 5.21 Å². The van der Waals surface area contributed by atoms with Crippen LogP contribution < -0.4 is 4.73 Å². The molecule has 0 amide bonds. The van der Waals surface area contributed by atoms with Gasteiger partial charge < -0.3 is 9.94 Å². The molecule has 1 unspecified atom stereocenters. The molecule has 0 spiro atoms. The van der Waals surface area contributed by atoms with Crippen molar-refractivity contribution in [2.45, 2.75) is 38.9 Å². The van der Waals surface area contributed by atoms with Crippen molar-refractivity contribution in [3.63, 3.8) is 0 Å². The summed E-state index contributed by atoms with van der Waals surface area (Å²) in [6.07, 6.45) is 2.48. The van der Waals surface area contributed by atoms with Gasteiger partial charge in [-0.05, 0) is 26.3 Å². The Morgan fingerprint density at radius 3 is 2.57 bits per heavy atom. The van der Waals surface area contributed by atoms with Crippen LogP contribution in [0.1, 0.15) is 38.1 Å². The Morgan fingerprint density at radius 1 is 1.50 bits per heavy atom. The lowest BCUT2D eigenvalue weighted by molar-refractivity contribution is -0.615. The highest BCUT2D eigenvalue weighted by atomic mass is 16.6. The van der Waals surface area contributed by atoms with E-state index in [2.05, 4.69) is 0 Å². The Kier molecular flexibility index (Phi) is 2.00. The van der Waals surface area contributed by atoms with E-state index in [0.29, 0.717) is 5.69 Å². The largest absolute Gasteiger partial charge is 0.618 e. The van der Waals surface area contributed by atoms with E-state index in [1.54, 1.807) is 6.20 Å². The summed E-state index contributed by atoms with van der Waals surface area (Å²) in [5.41, 5.74) is 1.61. The van der Waals surface area contributed by atoms with Gasteiger partial charge in [0, 0.05) is 11.6 Å². The summed E-state index contributed by atoms with van der Waals surface area (Å²) in [6, 6.07) is 3.85. The third kappa shape index (κ3) is 1.48. The van der Waals surface area contributed by atoms with Crippen molar-refractivity contribution < 1.29 is 9.47 Å². The summed E-state index contributed by atoms with van der Waals surface area (Å²) in [5, 5.41) is 11.6. The van der Waals surface area contributed by atoms with Crippen molar-refractivity contribution >= 4 is 0 Å². The number of rotatable bonds is 2. The van der Waals surface area contributed by atoms with Crippen LogP contribution in [0.2, 0.25) is 0 Å². The molecule has 1 aliphatic rings. The van der Waals surface area contributed by atoms with Gasteiger partial charge in [-0.15, -0.1) is 0 Å². The average Bonchev–Trinajstić information content (AvgIpc) is 2.74. The molecule has 1 aromatic rings. The fraction of sp³-hybridized carbons (Fsp3) is 0.545. The highest BCUT2D eigenvalue weighted by molar-refractivity contribution is 5.17. The summed E-state index contributed by atoms with van der Waals surface area (Å²) in [6.45, 7) is 6.02. The van der Waals surface area contributed by atoms with E-state index < -0.39 is 0 Å². The molecule has 1 saturated heterocycles. The Labute approximate surface area is 83.9 Å². The number of nitrogens with zero attached hydrogens (tertiary/aromatic N) is 1. The molecule has 76 valence electrons. The molecule has 2 heterocycles. The lowest BCUT2D eigenvalue weighted by Gasteiger charge is -2.04. The summed E-state index contributed by atoms with van der Waals surface area (Å²) in [5.74, 6) is 0. The van der Waals surface area contributed by atoms with Crippen LogP contribution in [0.15, 0.2) is 18.3 Å². The first-order valence-corrected chi connectivity index (χ1v) is 4.94. The second-order valence-electron chi connectivity index (χ2n) is 4.24. The lowest BCUT2D eigenvalue weighted by atomic mass is 10.1. The van der Waals surface area contributed by atoms with Crippen LogP contribution in [0.3, 0.4) is 0 Å². The predicted molar refractivity (Wildman–Crippen MR) is 52.7 cm³/mol. The maximum absolute atomic E-state index is 11.6. The SMILES string of the molecule is CCc1ccc(C2OC2(C)C)[n+]([O-])c1. The molecule has 0 bridgehead atoms. The van der Waals surface area contributed by atoms with Crippen LogP contribution >= 0.6 is 0 Å². The van der Waals surface area contributed by atoms with Crippen LogP contribution in [0.5, 0.6) is 0 Å². The van der Waals surface area contributed by atoms with Gasteiger partial charge in [0.25, 0.3) is 0 Å². The first kappa shape index (κ1) is 9.46. The molecule has 2 rings (SSSR count). The van der Waals surface area contributed by atoms with Crippen molar-refractivity contribution in [3.05, 3.63) is 34.8 Å². The number of aryl methyl sites for hydroxylation is 1. The lowest BCUT2D eigenvalue weighted by Crippen LogP contribution is -2.32. The topological polar surface area (TPSA) is 39.5 Å². The fourth-order valence-corrected chi connectivity index (χ4v) is 1.63. The third-order valence-electron chi connectivity index (χ3n) is 2.68. The minimum Gasteiger partial charge on any atom is -0.618 e. The van der Waals surface area contributed by atoms with Crippen molar-refractivity contribution in [3.8, 4) is 0 Å². The van der Waals surface area contributed by atoms with Gasteiger partial charge in [0.15, 0.2) is 12.3 Å². The molecule has 1 aliphatic heterocycles. The second kappa shape index (κ2) is 2.95. The van der Waals surface area contributed by atoms with E-state index in [4.69, 9.17) is 4.74 Å². The predicted octanol–water partition coefficient (Wildman–Crippen LogP) is 1.73. The molecule has 14 heavy (non-hydrogen) atoms. The van der Waals surface area contributed by atoms with Gasteiger partial charge in [-0.25, -0.2) is 0 Å². The zero-order chi connectivity index (χ0) is 10.3. The highest BCUT2D eigenvalue weighted by Crippen LogP contribution is 2.47. The zero-order valence-corrected chi connectivity index (χ0v) is 8.78. The zero-order valence-electron chi connectivity index (χ0n) is 8.78. The molecular formula is C11H15NO2. The van der Waals surface area contributed by atoms with Crippen molar-refractivity contribution in [1.29, 1.82) is 0 Å². The molecule has 0 aromatic carbocycles. The van der Waals surface area contributed by atoms with Gasteiger partial charge in [0.1, 0.15) is 5.60 Å². The minimum absolute atomic E-state index is 0.0362. The molecule has 1 atom stereocenters. The first-order valence-electron chi connectivity index (χ1n) is 4.94. The number of hydrogen-bond acceptors (Lipinski definition) is 2. The van der Waals surface area contributed by atoms with Gasteiger partial charge >= 0.3 is 0 Å². The number of pyridine rings is 1. The smallest absolute Gasteiger partial charge is 0.224 e. The molecule has 3 nitrogen and oxygen atoms in total. The normalized spacial score (nSPS) is 23.5. The van der Waals surface area contributed by atoms with E-state index in [9.17, 15) is 5.21 Å². The van der Waals surface area contributed by atoms with Crippen LogP contribution in [-0.4, -0.2) is 5.60 Å². The summed E-state index contributed by atoms with van der Waals surface area (Å²) in [7, 11) is 0. The number of hydrogen-bond donors (Lipinski definition) is 0. The molecule has 3 heteroatoms. The molecule has 0 saturated carbocycles. The molecular weight excluding hydrogens is 178 g/mol. The minimum atomic E-state index is -0.167. The van der Waals surface area contributed by atoms with E-state index in [-0.39, 0.29) is 11.7 Å². The Balaban J connectivity index is 2.28.